The molecule has 0 unspecified atom stereocenters. The van der Waals surface area contributed by atoms with Crippen molar-refractivity contribution in [1.29, 1.82) is 0 Å². The molecule has 0 atom stereocenters. The van der Waals surface area contributed by atoms with Crippen LogP contribution in [-0.2, 0) is 6.42 Å². The maximum atomic E-state index is 13.0. The van der Waals surface area contributed by atoms with Gasteiger partial charge in [0.1, 0.15) is 0 Å². The van der Waals surface area contributed by atoms with E-state index in [4.69, 9.17) is 4.74 Å². The van der Waals surface area contributed by atoms with Gasteiger partial charge in [0, 0.05) is 5.69 Å². The van der Waals surface area contributed by atoms with E-state index in [9.17, 15) is 4.79 Å². The fraction of sp³-hybridized carbons (Fsp3) is 0.0833. The van der Waals surface area contributed by atoms with E-state index in [1.54, 1.807) is 10.9 Å². The first kappa shape index (κ1) is 18.5. The van der Waals surface area contributed by atoms with Crippen LogP contribution in [0.3, 0.4) is 0 Å². The minimum atomic E-state index is -0.308. The van der Waals surface area contributed by atoms with Crippen LogP contribution in [0.4, 0.5) is 5.69 Å². The van der Waals surface area contributed by atoms with Crippen molar-refractivity contribution in [2.24, 2.45) is 0 Å². The molecule has 0 aliphatic heterocycles. The molecule has 5 heteroatoms. The van der Waals surface area contributed by atoms with Crippen molar-refractivity contribution < 1.29 is 9.53 Å². The van der Waals surface area contributed by atoms with Crippen molar-refractivity contribution in [3.63, 3.8) is 0 Å². The highest BCUT2D eigenvalue weighted by atomic mass is 16.5. The van der Waals surface area contributed by atoms with Gasteiger partial charge in [-0.15, -0.1) is 0 Å². The molecule has 29 heavy (non-hydrogen) atoms. The highest BCUT2D eigenvalue weighted by Gasteiger charge is 2.19. The summed E-state index contributed by atoms with van der Waals surface area (Å²) in [4.78, 5) is 13.0. The Kier molecular flexibility index (Phi) is 5.38. The highest BCUT2D eigenvalue weighted by Crippen LogP contribution is 2.23. The lowest BCUT2D eigenvalue weighted by atomic mass is 10.0. The summed E-state index contributed by atoms with van der Waals surface area (Å²) in [6, 6.07) is 27.6. The molecular weight excluding hydrogens is 362 g/mol. The Morgan fingerprint density at radius 2 is 1.59 bits per heavy atom. The van der Waals surface area contributed by atoms with Crippen molar-refractivity contribution >= 4 is 11.6 Å². The Morgan fingerprint density at radius 1 is 0.931 bits per heavy atom. The predicted molar refractivity (Wildman–Crippen MR) is 114 cm³/mol. The summed E-state index contributed by atoms with van der Waals surface area (Å²) in [6.45, 7) is 0. The summed E-state index contributed by atoms with van der Waals surface area (Å²) in [5.41, 5.74) is 4.08. The van der Waals surface area contributed by atoms with E-state index < -0.39 is 0 Å². The van der Waals surface area contributed by atoms with Crippen LogP contribution in [-0.4, -0.2) is 22.8 Å². The van der Waals surface area contributed by atoms with Crippen LogP contribution in [0.2, 0.25) is 0 Å². The number of hydrogen-bond acceptors (Lipinski definition) is 3. The third kappa shape index (κ3) is 4.19. The maximum Gasteiger partial charge on any atom is 0.280 e. The molecule has 1 aromatic heterocycles. The molecule has 0 aliphatic rings. The zero-order valence-corrected chi connectivity index (χ0v) is 16.1. The molecule has 4 rings (SSSR count). The molecular formula is C24H21N3O2. The Morgan fingerprint density at radius 3 is 2.31 bits per heavy atom. The number of anilines is 1. The average Bonchev–Trinajstić information content (AvgIpc) is 3.21. The first-order chi connectivity index (χ1) is 14.2. The number of aromatic nitrogens is 2. The fourth-order valence-electron chi connectivity index (χ4n) is 3.17. The van der Waals surface area contributed by atoms with E-state index in [1.165, 1.54) is 12.7 Å². The van der Waals surface area contributed by atoms with Gasteiger partial charge < -0.3 is 10.1 Å². The van der Waals surface area contributed by atoms with Crippen LogP contribution in [0, 0.1) is 0 Å². The van der Waals surface area contributed by atoms with Gasteiger partial charge in [0.25, 0.3) is 5.91 Å². The number of nitrogens with zero attached hydrogens (tertiary/aromatic N) is 2. The number of benzene rings is 3. The maximum absolute atomic E-state index is 13.0. The summed E-state index contributed by atoms with van der Waals surface area (Å²) in [7, 11) is 1.53. The second kappa shape index (κ2) is 8.44. The van der Waals surface area contributed by atoms with Gasteiger partial charge in [-0.25, -0.2) is 4.68 Å². The van der Waals surface area contributed by atoms with Crippen molar-refractivity contribution in [2.75, 3.05) is 12.4 Å². The van der Waals surface area contributed by atoms with Gasteiger partial charge in [0.15, 0.2) is 11.4 Å². The van der Waals surface area contributed by atoms with Crippen LogP contribution in [0.15, 0.2) is 91.1 Å². The largest absolute Gasteiger partial charge is 0.493 e. The van der Waals surface area contributed by atoms with Gasteiger partial charge in [0.05, 0.1) is 19.0 Å². The Bertz CT molecular complexity index is 1110. The topological polar surface area (TPSA) is 56.2 Å². The lowest BCUT2D eigenvalue weighted by Crippen LogP contribution is -2.15. The van der Waals surface area contributed by atoms with E-state index >= 15 is 0 Å². The molecule has 0 spiro atoms. The number of para-hydroxylation sites is 2. The van der Waals surface area contributed by atoms with Crippen LogP contribution in [0.25, 0.3) is 5.69 Å². The molecule has 0 radical (unpaired) electrons. The van der Waals surface area contributed by atoms with E-state index in [1.807, 2.05) is 72.8 Å². The Labute approximate surface area is 169 Å². The molecule has 1 N–H and O–H groups in total. The Hall–Kier alpha value is -3.86. The minimum Gasteiger partial charge on any atom is -0.493 e. The second-order valence-electron chi connectivity index (χ2n) is 6.60. The van der Waals surface area contributed by atoms with Crippen LogP contribution >= 0.6 is 0 Å². The van der Waals surface area contributed by atoms with Gasteiger partial charge in [-0.3, -0.25) is 4.79 Å². The SMILES string of the molecule is COc1cn(-c2ccccc2)nc1C(=O)Nc1ccccc1Cc1ccccc1. The summed E-state index contributed by atoms with van der Waals surface area (Å²) in [5, 5.41) is 7.43. The quantitative estimate of drug-likeness (QED) is 0.524. The van der Waals surface area contributed by atoms with E-state index in [0.717, 1.165) is 23.4 Å². The predicted octanol–water partition coefficient (Wildman–Crippen LogP) is 4.72. The molecule has 1 amide bonds. The zero-order valence-electron chi connectivity index (χ0n) is 16.1. The van der Waals surface area contributed by atoms with E-state index in [0.29, 0.717) is 5.75 Å². The first-order valence-corrected chi connectivity index (χ1v) is 9.37. The summed E-state index contributed by atoms with van der Waals surface area (Å²) in [6.07, 6.45) is 2.44. The number of carbonyl (C=O) groups excluding carboxylic acids is 1. The summed E-state index contributed by atoms with van der Waals surface area (Å²) in [5.74, 6) is 0.115. The molecule has 0 saturated heterocycles. The van der Waals surface area contributed by atoms with Crippen LogP contribution in [0.1, 0.15) is 21.6 Å². The molecule has 0 bridgehead atoms. The molecule has 0 saturated carbocycles. The molecule has 5 nitrogen and oxygen atoms in total. The second-order valence-corrected chi connectivity index (χ2v) is 6.60. The number of carbonyl (C=O) groups is 1. The van der Waals surface area contributed by atoms with Crippen molar-refractivity contribution in [3.05, 3.63) is 108 Å². The number of ether oxygens (including phenoxy) is 1. The van der Waals surface area contributed by atoms with Crippen molar-refractivity contribution in [1.82, 2.24) is 9.78 Å². The smallest absolute Gasteiger partial charge is 0.280 e. The molecule has 1 heterocycles. The number of nitrogens with one attached hydrogen (secondary N) is 1. The standard InChI is InChI=1S/C24H21N3O2/c1-29-22-17-27(20-13-6-3-7-14-20)26-23(22)24(28)25-21-15-9-8-12-19(21)16-18-10-4-2-5-11-18/h2-15,17H,16H2,1H3,(H,25,28). The number of amides is 1. The lowest BCUT2D eigenvalue weighted by Gasteiger charge is -2.11. The van der Waals surface area contributed by atoms with Gasteiger partial charge in [-0.2, -0.15) is 5.10 Å². The number of methoxy groups -OCH3 is 1. The van der Waals surface area contributed by atoms with E-state index in [-0.39, 0.29) is 11.6 Å². The third-order valence-corrected chi connectivity index (χ3v) is 4.64. The summed E-state index contributed by atoms with van der Waals surface area (Å²) >= 11 is 0. The van der Waals surface area contributed by atoms with E-state index in [2.05, 4.69) is 22.5 Å². The molecule has 144 valence electrons. The van der Waals surface area contributed by atoms with Crippen LogP contribution < -0.4 is 10.1 Å². The number of rotatable bonds is 6. The monoisotopic (exact) mass is 383 g/mol. The van der Waals surface area contributed by atoms with Crippen LogP contribution in [0.5, 0.6) is 5.75 Å². The van der Waals surface area contributed by atoms with Crippen molar-refractivity contribution in [2.45, 2.75) is 6.42 Å². The van der Waals surface area contributed by atoms with Crippen molar-refractivity contribution in [3.8, 4) is 11.4 Å². The minimum absolute atomic E-state index is 0.242. The van der Waals surface area contributed by atoms with Gasteiger partial charge >= 0.3 is 0 Å². The van der Waals surface area contributed by atoms with Gasteiger partial charge in [-0.1, -0.05) is 66.7 Å². The highest BCUT2D eigenvalue weighted by molar-refractivity contribution is 6.05. The molecule has 0 fully saturated rings. The first-order valence-electron chi connectivity index (χ1n) is 9.37. The third-order valence-electron chi connectivity index (χ3n) is 4.64. The number of hydrogen-bond donors (Lipinski definition) is 1. The molecule has 3 aromatic carbocycles. The fourth-order valence-corrected chi connectivity index (χ4v) is 3.17. The lowest BCUT2D eigenvalue weighted by molar-refractivity contribution is 0.101. The summed E-state index contributed by atoms with van der Waals surface area (Å²) < 4.78 is 7.03. The molecule has 0 aliphatic carbocycles. The zero-order chi connectivity index (χ0) is 20.1. The Balaban J connectivity index is 1.60. The molecule has 4 aromatic rings. The van der Waals surface area contributed by atoms with Gasteiger partial charge in [0.2, 0.25) is 0 Å². The average molecular weight is 383 g/mol. The van der Waals surface area contributed by atoms with Gasteiger partial charge in [-0.05, 0) is 35.7 Å². The normalized spacial score (nSPS) is 10.5.